The highest BCUT2D eigenvalue weighted by Gasteiger charge is 2.17. The highest BCUT2D eigenvalue weighted by atomic mass is 16.3. The number of amides is 2. The SMILES string of the molecule is CN(CC(=O)NC(CO)Cc1ccccc1)C(=O)c1ccccc1. The van der Waals surface area contributed by atoms with Crippen LogP contribution in [-0.4, -0.2) is 48.1 Å². The number of likely N-dealkylation sites (N-methyl/N-ethyl adjacent to an activating group) is 1. The number of hydrogen-bond donors (Lipinski definition) is 2. The molecule has 5 nitrogen and oxygen atoms in total. The summed E-state index contributed by atoms with van der Waals surface area (Å²) in [5.41, 5.74) is 1.57. The molecule has 0 aliphatic carbocycles. The minimum absolute atomic E-state index is 0.0565. The van der Waals surface area contributed by atoms with Gasteiger partial charge < -0.3 is 15.3 Å². The summed E-state index contributed by atoms with van der Waals surface area (Å²) >= 11 is 0. The van der Waals surface area contributed by atoms with Crippen LogP contribution in [0.15, 0.2) is 60.7 Å². The monoisotopic (exact) mass is 326 g/mol. The predicted octanol–water partition coefficient (Wildman–Crippen LogP) is 1.48. The summed E-state index contributed by atoms with van der Waals surface area (Å²) < 4.78 is 0. The van der Waals surface area contributed by atoms with E-state index in [0.717, 1.165) is 5.56 Å². The summed E-state index contributed by atoms with van der Waals surface area (Å²) in [4.78, 5) is 25.7. The summed E-state index contributed by atoms with van der Waals surface area (Å²) in [6, 6.07) is 18.1. The van der Waals surface area contributed by atoms with E-state index in [1.807, 2.05) is 36.4 Å². The highest BCUT2D eigenvalue weighted by molar-refractivity contribution is 5.96. The number of carbonyl (C=O) groups is 2. The van der Waals surface area contributed by atoms with E-state index in [2.05, 4.69) is 5.32 Å². The third-order valence-corrected chi connectivity index (χ3v) is 3.66. The molecule has 0 radical (unpaired) electrons. The van der Waals surface area contributed by atoms with Gasteiger partial charge in [-0.15, -0.1) is 0 Å². The highest BCUT2D eigenvalue weighted by Crippen LogP contribution is 2.04. The van der Waals surface area contributed by atoms with Crippen molar-refractivity contribution in [3.63, 3.8) is 0 Å². The molecule has 2 rings (SSSR count). The quantitative estimate of drug-likeness (QED) is 0.810. The molecule has 2 amide bonds. The van der Waals surface area contributed by atoms with Gasteiger partial charge in [-0.1, -0.05) is 48.5 Å². The minimum atomic E-state index is -0.375. The first-order chi connectivity index (χ1) is 11.6. The Labute approximate surface area is 141 Å². The number of nitrogens with zero attached hydrogens (tertiary/aromatic N) is 1. The zero-order valence-corrected chi connectivity index (χ0v) is 13.7. The van der Waals surface area contributed by atoms with Crippen molar-refractivity contribution in [1.29, 1.82) is 0 Å². The molecule has 126 valence electrons. The fraction of sp³-hybridized carbons (Fsp3) is 0.263. The minimum Gasteiger partial charge on any atom is -0.394 e. The Balaban J connectivity index is 1.88. The fourth-order valence-corrected chi connectivity index (χ4v) is 2.42. The average Bonchev–Trinajstić information content (AvgIpc) is 2.62. The number of rotatable bonds is 7. The van der Waals surface area contributed by atoms with Crippen molar-refractivity contribution < 1.29 is 14.7 Å². The van der Waals surface area contributed by atoms with E-state index in [4.69, 9.17) is 0 Å². The van der Waals surface area contributed by atoms with Crippen LogP contribution in [0.5, 0.6) is 0 Å². The molecule has 0 spiro atoms. The predicted molar refractivity (Wildman–Crippen MR) is 92.6 cm³/mol. The molecule has 2 N–H and O–H groups in total. The van der Waals surface area contributed by atoms with E-state index in [-0.39, 0.29) is 31.0 Å². The lowest BCUT2D eigenvalue weighted by Gasteiger charge is -2.20. The van der Waals surface area contributed by atoms with E-state index in [9.17, 15) is 14.7 Å². The normalized spacial score (nSPS) is 11.6. The van der Waals surface area contributed by atoms with Crippen LogP contribution >= 0.6 is 0 Å². The lowest BCUT2D eigenvalue weighted by atomic mass is 10.1. The van der Waals surface area contributed by atoms with E-state index in [1.165, 1.54) is 4.90 Å². The van der Waals surface area contributed by atoms with Gasteiger partial charge in [0.25, 0.3) is 5.91 Å². The first kappa shape index (κ1) is 17.7. The van der Waals surface area contributed by atoms with Crippen molar-refractivity contribution >= 4 is 11.8 Å². The van der Waals surface area contributed by atoms with E-state index in [0.29, 0.717) is 12.0 Å². The van der Waals surface area contributed by atoms with Crippen molar-refractivity contribution in [1.82, 2.24) is 10.2 Å². The third kappa shape index (κ3) is 5.21. The number of aliphatic hydroxyl groups is 1. The van der Waals surface area contributed by atoms with Gasteiger partial charge in [0.05, 0.1) is 19.2 Å². The molecular formula is C19H22N2O3. The molecule has 0 aromatic heterocycles. The van der Waals surface area contributed by atoms with Gasteiger partial charge >= 0.3 is 0 Å². The Morgan fingerprint density at radius 2 is 1.62 bits per heavy atom. The van der Waals surface area contributed by atoms with Crippen LogP contribution in [-0.2, 0) is 11.2 Å². The van der Waals surface area contributed by atoms with Crippen molar-refractivity contribution in [2.24, 2.45) is 0 Å². The van der Waals surface area contributed by atoms with Crippen LogP contribution in [0.25, 0.3) is 0 Å². The fourth-order valence-electron chi connectivity index (χ4n) is 2.42. The van der Waals surface area contributed by atoms with Crippen LogP contribution in [0.2, 0.25) is 0 Å². The topological polar surface area (TPSA) is 69.6 Å². The van der Waals surface area contributed by atoms with Gasteiger partial charge in [0, 0.05) is 12.6 Å². The summed E-state index contributed by atoms with van der Waals surface area (Å²) in [6.45, 7) is -0.212. The molecule has 0 aliphatic heterocycles. The molecule has 0 saturated carbocycles. The Hall–Kier alpha value is -2.66. The number of nitrogens with one attached hydrogen (secondary N) is 1. The second-order valence-corrected chi connectivity index (χ2v) is 5.66. The molecule has 1 atom stereocenters. The van der Waals surface area contributed by atoms with Gasteiger partial charge in [0.15, 0.2) is 0 Å². The maximum atomic E-state index is 12.2. The van der Waals surface area contributed by atoms with Gasteiger partial charge in [-0.2, -0.15) is 0 Å². The van der Waals surface area contributed by atoms with Crippen molar-refractivity contribution in [2.75, 3.05) is 20.2 Å². The summed E-state index contributed by atoms with van der Waals surface area (Å²) in [7, 11) is 1.58. The van der Waals surface area contributed by atoms with Gasteiger partial charge in [0.1, 0.15) is 0 Å². The largest absolute Gasteiger partial charge is 0.394 e. The first-order valence-electron chi connectivity index (χ1n) is 7.85. The van der Waals surface area contributed by atoms with Gasteiger partial charge in [0.2, 0.25) is 5.91 Å². The van der Waals surface area contributed by atoms with E-state index < -0.39 is 0 Å². The molecule has 0 bridgehead atoms. The third-order valence-electron chi connectivity index (χ3n) is 3.66. The van der Waals surface area contributed by atoms with E-state index >= 15 is 0 Å². The van der Waals surface area contributed by atoms with Crippen LogP contribution in [0.1, 0.15) is 15.9 Å². The maximum Gasteiger partial charge on any atom is 0.254 e. The Bertz CT molecular complexity index is 659. The summed E-state index contributed by atoms with van der Waals surface area (Å²) in [6.07, 6.45) is 0.541. The zero-order valence-electron chi connectivity index (χ0n) is 13.7. The van der Waals surface area contributed by atoms with Crippen molar-refractivity contribution in [3.05, 3.63) is 71.8 Å². The average molecular weight is 326 g/mol. The molecule has 24 heavy (non-hydrogen) atoms. The number of aliphatic hydroxyl groups excluding tert-OH is 1. The van der Waals surface area contributed by atoms with Crippen LogP contribution in [0.4, 0.5) is 0 Å². The van der Waals surface area contributed by atoms with Gasteiger partial charge in [-0.3, -0.25) is 9.59 Å². The number of benzene rings is 2. The standard InChI is InChI=1S/C19H22N2O3/c1-21(19(24)16-10-6-3-7-11-16)13-18(23)20-17(14-22)12-15-8-4-2-5-9-15/h2-11,17,22H,12-14H2,1H3,(H,20,23). The van der Waals surface area contributed by atoms with Gasteiger partial charge in [-0.05, 0) is 24.1 Å². The lowest BCUT2D eigenvalue weighted by molar-refractivity contribution is -0.122. The zero-order chi connectivity index (χ0) is 17.4. The summed E-state index contributed by atoms with van der Waals surface area (Å²) in [5, 5.41) is 12.2. The van der Waals surface area contributed by atoms with Gasteiger partial charge in [-0.25, -0.2) is 0 Å². The number of hydrogen-bond acceptors (Lipinski definition) is 3. The molecule has 1 unspecified atom stereocenters. The lowest BCUT2D eigenvalue weighted by Crippen LogP contribution is -2.45. The maximum absolute atomic E-state index is 12.2. The molecule has 5 heteroatoms. The smallest absolute Gasteiger partial charge is 0.254 e. The second-order valence-electron chi connectivity index (χ2n) is 5.66. The Kier molecular flexibility index (Phi) is 6.51. The molecule has 0 heterocycles. The molecule has 2 aromatic carbocycles. The molecule has 0 saturated heterocycles. The van der Waals surface area contributed by atoms with E-state index in [1.54, 1.807) is 31.3 Å². The van der Waals surface area contributed by atoms with Crippen LogP contribution < -0.4 is 5.32 Å². The van der Waals surface area contributed by atoms with Crippen molar-refractivity contribution in [3.8, 4) is 0 Å². The summed E-state index contributed by atoms with van der Waals surface area (Å²) in [5.74, 6) is -0.508. The molecule has 0 aliphatic rings. The molecular weight excluding hydrogens is 304 g/mol. The second kappa shape index (κ2) is 8.84. The van der Waals surface area contributed by atoms with Crippen molar-refractivity contribution in [2.45, 2.75) is 12.5 Å². The van der Waals surface area contributed by atoms with Crippen LogP contribution in [0.3, 0.4) is 0 Å². The Morgan fingerprint density at radius 1 is 1.04 bits per heavy atom. The Morgan fingerprint density at radius 3 is 2.21 bits per heavy atom. The molecule has 0 fully saturated rings. The molecule has 2 aromatic rings. The number of carbonyl (C=O) groups excluding carboxylic acids is 2. The van der Waals surface area contributed by atoms with Crippen LogP contribution in [0, 0.1) is 0 Å². The first-order valence-corrected chi connectivity index (χ1v) is 7.85.